The van der Waals surface area contributed by atoms with Crippen molar-refractivity contribution in [3.8, 4) is 0 Å². The summed E-state index contributed by atoms with van der Waals surface area (Å²) in [5.74, 6) is 1.48. The molecule has 1 atom stereocenters. The normalized spacial score (nSPS) is 13.2. The van der Waals surface area contributed by atoms with Gasteiger partial charge in [-0.2, -0.15) is 11.8 Å². The zero-order valence-electron chi connectivity index (χ0n) is 8.24. The fraction of sp³-hybridized carbons (Fsp3) is 1.00. The minimum atomic E-state index is -0.583. The number of aliphatic hydroxyl groups is 2. The van der Waals surface area contributed by atoms with Crippen molar-refractivity contribution < 1.29 is 14.9 Å². The zero-order chi connectivity index (χ0) is 9.94. The van der Waals surface area contributed by atoms with E-state index in [0.29, 0.717) is 5.75 Å². The van der Waals surface area contributed by atoms with Crippen LogP contribution in [0.25, 0.3) is 0 Å². The van der Waals surface area contributed by atoms with Crippen molar-refractivity contribution >= 4 is 11.8 Å². The van der Waals surface area contributed by atoms with Crippen molar-refractivity contribution in [1.29, 1.82) is 0 Å². The molecule has 0 saturated heterocycles. The molecular weight excluding hydrogens is 188 g/mol. The summed E-state index contributed by atoms with van der Waals surface area (Å²) in [7, 11) is 0. The minimum absolute atomic E-state index is 0.149. The Morgan fingerprint density at radius 3 is 2.77 bits per heavy atom. The molecule has 0 amide bonds. The predicted molar refractivity (Wildman–Crippen MR) is 56.1 cm³/mol. The third-order valence-electron chi connectivity index (χ3n) is 1.54. The van der Waals surface area contributed by atoms with Gasteiger partial charge in [0.1, 0.15) is 0 Å². The van der Waals surface area contributed by atoms with E-state index >= 15 is 0 Å². The van der Waals surface area contributed by atoms with Crippen molar-refractivity contribution in [3.63, 3.8) is 0 Å². The average molecular weight is 208 g/mol. The van der Waals surface area contributed by atoms with E-state index in [1.54, 1.807) is 11.8 Å². The van der Waals surface area contributed by atoms with E-state index in [1.807, 2.05) is 0 Å². The molecule has 0 rings (SSSR count). The van der Waals surface area contributed by atoms with Gasteiger partial charge >= 0.3 is 0 Å². The van der Waals surface area contributed by atoms with Crippen molar-refractivity contribution in [3.05, 3.63) is 0 Å². The van der Waals surface area contributed by atoms with Crippen LogP contribution in [-0.4, -0.2) is 47.6 Å². The molecule has 0 aliphatic carbocycles. The second-order valence-corrected chi connectivity index (χ2v) is 4.03. The lowest BCUT2D eigenvalue weighted by atomic mass is 10.4. The van der Waals surface area contributed by atoms with Gasteiger partial charge < -0.3 is 14.9 Å². The van der Waals surface area contributed by atoms with E-state index < -0.39 is 6.10 Å². The highest BCUT2D eigenvalue weighted by molar-refractivity contribution is 7.99. The number of thioether (sulfide) groups is 1. The predicted octanol–water partition coefficient (Wildman–Crippen LogP) is 0.889. The lowest BCUT2D eigenvalue weighted by Gasteiger charge is -2.06. The molecule has 4 heteroatoms. The second-order valence-electron chi connectivity index (χ2n) is 2.88. The highest BCUT2D eigenvalue weighted by Gasteiger charge is 2.00. The van der Waals surface area contributed by atoms with Crippen LogP contribution in [0.15, 0.2) is 0 Å². The smallest absolute Gasteiger partial charge is 0.0861 e. The number of hydrogen-bond donors (Lipinski definition) is 2. The van der Waals surface area contributed by atoms with Gasteiger partial charge in [0.15, 0.2) is 0 Å². The highest BCUT2D eigenvalue weighted by atomic mass is 32.2. The lowest BCUT2D eigenvalue weighted by molar-refractivity contribution is 0.113. The fourth-order valence-electron chi connectivity index (χ4n) is 0.738. The summed E-state index contributed by atoms with van der Waals surface area (Å²) in [4.78, 5) is 0. The molecule has 0 spiro atoms. The molecule has 0 saturated carbocycles. The first-order valence-corrected chi connectivity index (χ1v) is 5.91. The van der Waals surface area contributed by atoms with E-state index in [1.165, 1.54) is 0 Å². The third-order valence-corrected chi connectivity index (χ3v) is 2.61. The van der Waals surface area contributed by atoms with Crippen LogP contribution >= 0.6 is 11.8 Å². The fourth-order valence-corrected chi connectivity index (χ4v) is 1.52. The van der Waals surface area contributed by atoms with Crippen LogP contribution in [0.4, 0.5) is 0 Å². The molecule has 0 aliphatic rings. The van der Waals surface area contributed by atoms with Crippen molar-refractivity contribution in [1.82, 2.24) is 0 Å². The van der Waals surface area contributed by atoms with Crippen LogP contribution in [0, 0.1) is 0 Å². The van der Waals surface area contributed by atoms with E-state index in [9.17, 15) is 0 Å². The van der Waals surface area contributed by atoms with Gasteiger partial charge in [0, 0.05) is 18.1 Å². The van der Waals surface area contributed by atoms with Crippen LogP contribution in [-0.2, 0) is 4.74 Å². The van der Waals surface area contributed by atoms with E-state index in [0.717, 1.165) is 31.8 Å². The Morgan fingerprint density at radius 1 is 1.38 bits per heavy atom. The Morgan fingerprint density at radius 2 is 2.15 bits per heavy atom. The first-order chi connectivity index (χ1) is 6.31. The van der Waals surface area contributed by atoms with Crippen LogP contribution in [0.1, 0.15) is 19.8 Å². The summed E-state index contributed by atoms with van der Waals surface area (Å²) < 4.78 is 5.32. The number of hydrogen-bond acceptors (Lipinski definition) is 4. The summed E-state index contributed by atoms with van der Waals surface area (Å²) in [6.45, 7) is 3.56. The zero-order valence-corrected chi connectivity index (χ0v) is 9.05. The largest absolute Gasteiger partial charge is 0.394 e. The molecular formula is C9H20O3S. The number of rotatable bonds is 9. The quantitative estimate of drug-likeness (QED) is 0.553. The van der Waals surface area contributed by atoms with Gasteiger partial charge in [0.25, 0.3) is 0 Å². The van der Waals surface area contributed by atoms with Gasteiger partial charge in [0.2, 0.25) is 0 Å². The maximum absolute atomic E-state index is 8.99. The maximum Gasteiger partial charge on any atom is 0.0861 e. The number of ether oxygens (including phenoxy) is 1. The maximum atomic E-state index is 8.99. The first-order valence-electron chi connectivity index (χ1n) is 4.75. The van der Waals surface area contributed by atoms with Gasteiger partial charge in [0.05, 0.1) is 19.3 Å². The molecule has 0 radical (unpaired) electrons. The Kier molecular flexibility index (Phi) is 10.5. The van der Waals surface area contributed by atoms with Crippen molar-refractivity contribution in [2.24, 2.45) is 0 Å². The molecule has 0 fully saturated rings. The van der Waals surface area contributed by atoms with E-state index in [4.69, 9.17) is 14.9 Å². The van der Waals surface area contributed by atoms with Crippen LogP contribution < -0.4 is 0 Å². The Labute approximate surface area is 84.5 Å². The van der Waals surface area contributed by atoms with Gasteiger partial charge in [-0.05, 0) is 6.42 Å². The highest BCUT2D eigenvalue weighted by Crippen LogP contribution is 2.02. The monoisotopic (exact) mass is 208 g/mol. The summed E-state index contributed by atoms with van der Waals surface area (Å²) in [6.07, 6.45) is 1.70. The standard InChI is InChI=1S/C9H20O3S/c1-2-3-4-12-5-6-13-8-9(11)7-10/h9-11H,2-8H2,1H3. The van der Waals surface area contributed by atoms with Crippen molar-refractivity contribution in [2.75, 3.05) is 31.3 Å². The molecule has 3 nitrogen and oxygen atoms in total. The molecule has 1 unspecified atom stereocenters. The van der Waals surface area contributed by atoms with Crippen LogP contribution in [0.3, 0.4) is 0 Å². The van der Waals surface area contributed by atoms with E-state index in [2.05, 4.69) is 6.92 Å². The Balaban J connectivity index is 2.91. The van der Waals surface area contributed by atoms with Crippen LogP contribution in [0.5, 0.6) is 0 Å². The van der Waals surface area contributed by atoms with Crippen LogP contribution in [0.2, 0.25) is 0 Å². The first kappa shape index (κ1) is 13.2. The molecule has 13 heavy (non-hydrogen) atoms. The summed E-state index contributed by atoms with van der Waals surface area (Å²) in [6, 6.07) is 0. The SMILES string of the molecule is CCCCOCCSCC(O)CO. The molecule has 0 aromatic carbocycles. The van der Waals surface area contributed by atoms with Gasteiger partial charge in [-0.3, -0.25) is 0 Å². The molecule has 0 aliphatic heterocycles. The summed E-state index contributed by atoms with van der Waals surface area (Å²) in [5, 5.41) is 17.5. The number of aliphatic hydroxyl groups excluding tert-OH is 2. The van der Waals surface area contributed by atoms with E-state index in [-0.39, 0.29) is 6.61 Å². The number of unbranched alkanes of at least 4 members (excludes halogenated alkanes) is 1. The molecule has 0 bridgehead atoms. The topological polar surface area (TPSA) is 49.7 Å². The van der Waals surface area contributed by atoms with Gasteiger partial charge in [-0.15, -0.1) is 0 Å². The molecule has 0 heterocycles. The molecule has 80 valence electrons. The van der Waals surface area contributed by atoms with Gasteiger partial charge in [-0.1, -0.05) is 13.3 Å². The molecule has 0 aromatic heterocycles. The third kappa shape index (κ3) is 10.1. The minimum Gasteiger partial charge on any atom is -0.394 e. The van der Waals surface area contributed by atoms with Crippen molar-refractivity contribution in [2.45, 2.75) is 25.9 Å². The lowest BCUT2D eigenvalue weighted by Crippen LogP contribution is -2.15. The molecule has 0 aromatic rings. The Hall–Kier alpha value is 0.230. The van der Waals surface area contributed by atoms with Gasteiger partial charge in [-0.25, -0.2) is 0 Å². The summed E-state index contributed by atoms with van der Waals surface area (Å²) >= 11 is 1.61. The molecule has 2 N–H and O–H groups in total. The summed E-state index contributed by atoms with van der Waals surface area (Å²) in [5.41, 5.74) is 0. The second kappa shape index (κ2) is 10.3. The average Bonchev–Trinajstić information content (AvgIpc) is 2.16. The Bertz CT molecular complexity index is 101.